The van der Waals surface area contributed by atoms with Gasteiger partial charge in [0, 0.05) is 5.69 Å². The summed E-state index contributed by atoms with van der Waals surface area (Å²) in [5.74, 6) is 0.740. The number of aryl methyl sites for hydroxylation is 1. The molecular formula is C17H21NO3. The van der Waals surface area contributed by atoms with Gasteiger partial charge in [0.25, 0.3) is 5.91 Å². The van der Waals surface area contributed by atoms with Crippen LogP contribution in [0.4, 0.5) is 5.69 Å². The highest BCUT2D eigenvalue weighted by molar-refractivity contribution is 5.92. The van der Waals surface area contributed by atoms with Crippen molar-refractivity contribution in [2.24, 2.45) is 17.8 Å². The molecule has 4 nitrogen and oxygen atoms in total. The molecule has 0 saturated heterocycles. The van der Waals surface area contributed by atoms with Crippen molar-refractivity contribution in [3.8, 4) is 0 Å². The molecule has 3 rings (SSSR count). The molecule has 1 aromatic rings. The molecule has 1 N–H and O–H groups in total. The summed E-state index contributed by atoms with van der Waals surface area (Å²) in [6, 6.07) is 7.53. The average molecular weight is 287 g/mol. The number of hydrogen-bond acceptors (Lipinski definition) is 3. The Labute approximate surface area is 124 Å². The molecule has 0 aromatic heterocycles. The molecule has 112 valence electrons. The Morgan fingerprint density at radius 2 is 1.95 bits per heavy atom. The standard InChI is InChI=1S/C17H21NO3/c1-11-2-6-14(7-3-11)18-16(19)10-21-17(20)15-9-12-4-5-13(15)8-12/h2-3,6-7,12-13,15H,4-5,8-10H2,1H3,(H,18,19). The van der Waals surface area contributed by atoms with E-state index in [1.807, 2.05) is 31.2 Å². The minimum Gasteiger partial charge on any atom is -0.455 e. The minimum absolute atomic E-state index is 0.0240. The van der Waals surface area contributed by atoms with Gasteiger partial charge in [-0.05, 0) is 50.2 Å². The highest BCUT2D eigenvalue weighted by Crippen LogP contribution is 2.48. The van der Waals surface area contributed by atoms with E-state index in [4.69, 9.17) is 4.74 Å². The van der Waals surface area contributed by atoms with Crippen LogP contribution in [-0.2, 0) is 14.3 Å². The van der Waals surface area contributed by atoms with E-state index in [2.05, 4.69) is 5.32 Å². The van der Waals surface area contributed by atoms with Crippen molar-refractivity contribution in [3.63, 3.8) is 0 Å². The second-order valence-electron chi connectivity index (χ2n) is 6.30. The van der Waals surface area contributed by atoms with Crippen molar-refractivity contribution < 1.29 is 14.3 Å². The normalized spacial score (nSPS) is 26.6. The Balaban J connectivity index is 1.45. The summed E-state index contributed by atoms with van der Waals surface area (Å²) in [6.45, 7) is 1.79. The molecule has 2 bridgehead atoms. The molecule has 3 atom stereocenters. The van der Waals surface area contributed by atoms with Gasteiger partial charge in [-0.3, -0.25) is 9.59 Å². The van der Waals surface area contributed by atoms with Crippen LogP contribution in [0.2, 0.25) is 0 Å². The Hall–Kier alpha value is -1.84. The first-order chi connectivity index (χ1) is 10.1. The van der Waals surface area contributed by atoms with Gasteiger partial charge in [0.05, 0.1) is 5.92 Å². The SMILES string of the molecule is Cc1ccc(NC(=O)COC(=O)C2CC3CCC2C3)cc1. The second-order valence-corrected chi connectivity index (χ2v) is 6.30. The molecule has 0 heterocycles. The number of rotatable bonds is 4. The van der Waals surface area contributed by atoms with Crippen molar-refractivity contribution >= 4 is 17.6 Å². The number of hydrogen-bond donors (Lipinski definition) is 1. The summed E-state index contributed by atoms with van der Waals surface area (Å²) in [5.41, 5.74) is 1.86. The molecule has 2 aliphatic rings. The average Bonchev–Trinajstić information content (AvgIpc) is 3.10. The van der Waals surface area contributed by atoms with Crippen LogP contribution in [0.25, 0.3) is 0 Å². The number of esters is 1. The van der Waals surface area contributed by atoms with E-state index in [1.165, 1.54) is 6.42 Å². The first kappa shape index (κ1) is 14.1. The zero-order valence-corrected chi connectivity index (χ0v) is 12.3. The van der Waals surface area contributed by atoms with Crippen LogP contribution in [0.5, 0.6) is 0 Å². The quantitative estimate of drug-likeness (QED) is 0.866. The minimum atomic E-state index is -0.282. The molecule has 1 aromatic carbocycles. The van der Waals surface area contributed by atoms with E-state index in [9.17, 15) is 9.59 Å². The lowest BCUT2D eigenvalue weighted by atomic mass is 9.89. The Bertz CT molecular complexity index is 537. The van der Waals surface area contributed by atoms with Gasteiger partial charge in [0.15, 0.2) is 6.61 Å². The molecule has 0 aliphatic heterocycles. The molecule has 2 saturated carbocycles. The molecule has 0 spiro atoms. The largest absolute Gasteiger partial charge is 0.455 e. The lowest BCUT2D eigenvalue weighted by molar-refractivity contribution is -0.153. The number of ether oxygens (including phenoxy) is 1. The third kappa shape index (κ3) is 3.26. The van der Waals surface area contributed by atoms with Crippen molar-refractivity contribution in [1.29, 1.82) is 0 Å². The third-order valence-corrected chi connectivity index (χ3v) is 4.72. The fourth-order valence-electron chi connectivity index (χ4n) is 3.61. The third-order valence-electron chi connectivity index (χ3n) is 4.72. The van der Waals surface area contributed by atoms with Gasteiger partial charge in [-0.15, -0.1) is 0 Å². The van der Waals surface area contributed by atoms with Gasteiger partial charge >= 0.3 is 5.97 Å². The lowest BCUT2D eigenvalue weighted by Crippen LogP contribution is -2.27. The number of amides is 1. The number of anilines is 1. The highest BCUT2D eigenvalue weighted by Gasteiger charge is 2.43. The lowest BCUT2D eigenvalue weighted by Gasteiger charge is -2.19. The fraction of sp³-hybridized carbons (Fsp3) is 0.529. The molecule has 2 aliphatic carbocycles. The second kappa shape index (κ2) is 5.88. The van der Waals surface area contributed by atoms with E-state index in [0.717, 1.165) is 30.5 Å². The van der Waals surface area contributed by atoms with Crippen LogP contribution in [0.3, 0.4) is 0 Å². The summed E-state index contributed by atoms with van der Waals surface area (Å²) >= 11 is 0. The Morgan fingerprint density at radius 3 is 2.57 bits per heavy atom. The topological polar surface area (TPSA) is 55.4 Å². The zero-order chi connectivity index (χ0) is 14.8. The Kier molecular flexibility index (Phi) is 3.95. The van der Waals surface area contributed by atoms with E-state index < -0.39 is 0 Å². The number of nitrogens with one attached hydrogen (secondary N) is 1. The first-order valence-corrected chi connectivity index (χ1v) is 7.65. The fourth-order valence-corrected chi connectivity index (χ4v) is 3.61. The molecule has 4 heteroatoms. The van der Waals surface area contributed by atoms with Gasteiger partial charge in [0.2, 0.25) is 0 Å². The van der Waals surface area contributed by atoms with Crippen molar-refractivity contribution in [2.75, 3.05) is 11.9 Å². The number of benzene rings is 1. The summed E-state index contributed by atoms with van der Waals surface area (Å²) in [7, 11) is 0. The molecule has 21 heavy (non-hydrogen) atoms. The number of carbonyl (C=O) groups is 2. The van der Waals surface area contributed by atoms with E-state index in [-0.39, 0.29) is 24.4 Å². The number of fused-ring (bicyclic) bond motifs is 2. The van der Waals surface area contributed by atoms with Crippen LogP contribution >= 0.6 is 0 Å². The summed E-state index contributed by atoms with van der Waals surface area (Å²) < 4.78 is 5.19. The smallest absolute Gasteiger partial charge is 0.309 e. The van der Waals surface area contributed by atoms with Gasteiger partial charge in [-0.2, -0.15) is 0 Å². The van der Waals surface area contributed by atoms with Crippen LogP contribution in [-0.4, -0.2) is 18.5 Å². The van der Waals surface area contributed by atoms with Crippen LogP contribution in [0.1, 0.15) is 31.2 Å². The maximum atomic E-state index is 12.0. The van der Waals surface area contributed by atoms with Crippen molar-refractivity contribution in [2.45, 2.75) is 32.6 Å². The van der Waals surface area contributed by atoms with Crippen molar-refractivity contribution in [1.82, 2.24) is 0 Å². The van der Waals surface area contributed by atoms with Crippen LogP contribution in [0.15, 0.2) is 24.3 Å². The molecule has 2 fully saturated rings. The predicted octanol–water partition coefficient (Wildman–Crippen LogP) is 2.91. The predicted molar refractivity (Wildman–Crippen MR) is 79.7 cm³/mol. The maximum Gasteiger partial charge on any atom is 0.309 e. The van der Waals surface area contributed by atoms with Gasteiger partial charge in [0.1, 0.15) is 0 Å². The Morgan fingerprint density at radius 1 is 1.19 bits per heavy atom. The maximum absolute atomic E-state index is 12.0. The van der Waals surface area contributed by atoms with Gasteiger partial charge in [-0.1, -0.05) is 24.1 Å². The summed E-state index contributed by atoms with van der Waals surface area (Å²) in [6.07, 6.45) is 4.50. The summed E-state index contributed by atoms with van der Waals surface area (Å²) in [5, 5.41) is 2.73. The summed E-state index contributed by atoms with van der Waals surface area (Å²) in [4.78, 5) is 23.8. The molecule has 0 radical (unpaired) electrons. The number of carbonyl (C=O) groups excluding carboxylic acids is 2. The van der Waals surface area contributed by atoms with Gasteiger partial charge < -0.3 is 10.1 Å². The molecular weight excluding hydrogens is 266 g/mol. The molecule has 1 amide bonds. The monoisotopic (exact) mass is 287 g/mol. The van der Waals surface area contributed by atoms with Crippen LogP contribution < -0.4 is 5.32 Å². The highest BCUT2D eigenvalue weighted by atomic mass is 16.5. The zero-order valence-electron chi connectivity index (χ0n) is 12.3. The van der Waals surface area contributed by atoms with E-state index in [0.29, 0.717) is 11.8 Å². The first-order valence-electron chi connectivity index (χ1n) is 7.65. The van der Waals surface area contributed by atoms with Gasteiger partial charge in [-0.25, -0.2) is 0 Å². The van der Waals surface area contributed by atoms with Crippen LogP contribution in [0, 0.1) is 24.7 Å². The van der Waals surface area contributed by atoms with E-state index >= 15 is 0 Å². The van der Waals surface area contributed by atoms with E-state index in [1.54, 1.807) is 0 Å². The molecule has 3 unspecified atom stereocenters. The van der Waals surface area contributed by atoms with Crippen molar-refractivity contribution in [3.05, 3.63) is 29.8 Å².